The van der Waals surface area contributed by atoms with Gasteiger partial charge in [0.05, 0.1) is 18.8 Å². The summed E-state index contributed by atoms with van der Waals surface area (Å²) in [6.45, 7) is 5.67. The van der Waals surface area contributed by atoms with Crippen LogP contribution < -0.4 is 4.90 Å². The summed E-state index contributed by atoms with van der Waals surface area (Å²) in [6, 6.07) is 4.00. The minimum absolute atomic E-state index is 0.129. The van der Waals surface area contributed by atoms with E-state index in [0.717, 1.165) is 48.7 Å². The number of imidazole rings is 1. The molecule has 0 radical (unpaired) electrons. The van der Waals surface area contributed by atoms with Gasteiger partial charge >= 0.3 is 0 Å². The Balaban J connectivity index is 1.33. The van der Waals surface area contributed by atoms with Crippen molar-refractivity contribution in [1.29, 1.82) is 0 Å². The van der Waals surface area contributed by atoms with Crippen molar-refractivity contribution in [1.82, 2.24) is 29.4 Å². The number of methoxy groups -OCH3 is 1. The van der Waals surface area contributed by atoms with Crippen LogP contribution in [0, 0.1) is 0 Å². The van der Waals surface area contributed by atoms with E-state index in [1.165, 1.54) is 0 Å². The first-order valence-corrected chi connectivity index (χ1v) is 10.8. The fourth-order valence-electron chi connectivity index (χ4n) is 4.13. The standard InChI is InChI=1S/C22H29N7O2/c1-17(16-31-2)29-19(26-18-5-4-8-25-22(18)29)6-3-7-21(30)28-13-11-27(12-14-28)20-15-23-9-10-24-20/h4-5,8-10,15,17H,3,6-7,11-14,16H2,1-2H3/t17-/m0/s1. The van der Waals surface area contributed by atoms with Crippen LogP contribution in [-0.4, -0.2) is 75.2 Å². The summed E-state index contributed by atoms with van der Waals surface area (Å²) in [5.74, 6) is 2.02. The Bertz CT molecular complexity index is 1000. The third-order valence-corrected chi connectivity index (χ3v) is 5.67. The van der Waals surface area contributed by atoms with E-state index < -0.39 is 0 Å². The van der Waals surface area contributed by atoms with E-state index in [1.54, 1.807) is 31.9 Å². The summed E-state index contributed by atoms with van der Waals surface area (Å²) in [5, 5.41) is 0. The fraction of sp³-hybridized carbons (Fsp3) is 0.500. The number of nitrogens with zero attached hydrogens (tertiary/aromatic N) is 7. The average molecular weight is 424 g/mol. The number of piperazine rings is 1. The lowest BCUT2D eigenvalue weighted by atomic mass is 10.2. The van der Waals surface area contributed by atoms with E-state index in [0.29, 0.717) is 26.1 Å². The Labute approximate surface area is 182 Å². The zero-order valence-electron chi connectivity index (χ0n) is 18.1. The van der Waals surface area contributed by atoms with Gasteiger partial charge in [-0.2, -0.15) is 0 Å². The van der Waals surface area contributed by atoms with E-state index in [-0.39, 0.29) is 11.9 Å². The molecule has 3 aromatic rings. The van der Waals surface area contributed by atoms with Gasteiger partial charge in [0.15, 0.2) is 5.65 Å². The van der Waals surface area contributed by atoms with Crippen molar-refractivity contribution in [2.45, 2.75) is 32.2 Å². The molecule has 0 spiro atoms. The maximum atomic E-state index is 12.7. The van der Waals surface area contributed by atoms with Crippen molar-refractivity contribution < 1.29 is 9.53 Å². The summed E-state index contributed by atoms with van der Waals surface area (Å²) in [7, 11) is 1.70. The second-order valence-corrected chi connectivity index (χ2v) is 7.83. The number of anilines is 1. The van der Waals surface area contributed by atoms with Crippen LogP contribution in [0.5, 0.6) is 0 Å². The molecule has 1 aliphatic rings. The number of hydrogen-bond acceptors (Lipinski definition) is 7. The Morgan fingerprint density at radius 3 is 2.74 bits per heavy atom. The molecule has 3 aromatic heterocycles. The van der Waals surface area contributed by atoms with Crippen molar-refractivity contribution in [2.24, 2.45) is 0 Å². The maximum Gasteiger partial charge on any atom is 0.222 e. The van der Waals surface area contributed by atoms with Crippen LogP contribution in [-0.2, 0) is 16.0 Å². The highest BCUT2D eigenvalue weighted by Crippen LogP contribution is 2.21. The number of ether oxygens (including phenoxy) is 1. The minimum Gasteiger partial charge on any atom is -0.383 e. The topological polar surface area (TPSA) is 89.3 Å². The van der Waals surface area contributed by atoms with Crippen LogP contribution in [0.25, 0.3) is 11.2 Å². The number of fused-ring (bicyclic) bond motifs is 1. The number of amides is 1. The molecule has 0 unspecified atom stereocenters. The molecule has 9 heteroatoms. The lowest BCUT2D eigenvalue weighted by molar-refractivity contribution is -0.131. The molecular formula is C22H29N7O2. The second-order valence-electron chi connectivity index (χ2n) is 7.83. The van der Waals surface area contributed by atoms with E-state index in [9.17, 15) is 4.79 Å². The van der Waals surface area contributed by atoms with Gasteiger partial charge in [-0.1, -0.05) is 0 Å². The van der Waals surface area contributed by atoms with E-state index in [4.69, 9.17) is 9.72 Å². The number of carbonyl (C=O) groups is 1. The largest absolute Gasteiger partial charge is 0.383 e. The van der Waals surface area contributed by atoms with Gasteiger partial charge in [0.25, 0.3) is 0 Å². The third-order valence-electron chi connectivity index (χ3n) is 5.67. The average Bonchev–Trinajstić information content (AvgIpc) is 3.18. The number of pyridine rings is 1. The summed E-state index contributed by atoms with van der Waals surface area (Å²) in [6.07, 6.45) is 8.92. The molecule has 0 saturated carbocycles. The number of aromatic nitrogens is 5. The molecule has 0 N–H and O–H groups in total. The van der Waals surface area contributed by atoms with Gasteiger partial charge < -0.3 is 19.1 Å². The van der Waals surface area contributed by atoms with E-state index in [2.05, 4.69) is 31.3 Å². The van der Waals surface area contributed by atoms with Crippen LogP contribution in [0.4, 0.5) is 5.82 Å². The minimum atomic E-state index is 0.129. The van der Waals surface area contributed by atoms with Gasteiger partial charge in [-0.25, -0.2) is 15.0 Å². The molecule has 1 saturated heterocycles. The molecule has 164 valence electrons. The van der Waals surface area contributed by atoms with E-state index in [1.807, 2.05) is 17.0 Å². The van der Waals surface area contributed by atoms with Crippen molar-refractivity contribution in [3.63, 3.8) is 0 Å². The van der Waals surface area contributed by atoms with Crippen molar-refractivity contribution >= 4 is 22.9 Å². The predicted molar refractivity (Wildman–Crippen MR) is 118 cm³/mol. The second kappa shape index (κ2) is 9.82. The summed E-state index contributed by atoms with van der Waals surface area (Å²) >= 11 is 0. The molecule has 1 amide bonds. The number of carbonyl (C=O) groups excluding carboxylic acids is 1. The Hall–Kier alpha value is -3.07. The Morgan fingerprint density at radius 1 is 1.16 bits per heavy atom. The first-order valence-electron chi connectivity index (χ1n) is 10.8. The molecule has 0 aliphatic carbocycles. The highest BCUT2D eigenvalue weighted by Gasteiger charge is 2.22. The van der Waals surface area contributed by atoms with Gasteiger partial charge in [0.1, 0.15) is 17.2 Å². The monoisotopic (exact) mass is 423 g/mol. The smallest absolute Gasteiger partial charge is 0.222 e. The molecule has 0 bridgehead atoms. The SMILES string of the molecule is COC[C@H](C)n1c(CCCC(=O)N2CCN(c3cnccn3)CC2)nc2cccnc21. The highest BCUT2D eigenvalue weighted by atomic mass is 16.5. The Kier molecular flexibility index (Phi) is 6.71. The Morgan fingerprint density at radius 2 is 2.00 bits per heavy atom. The maximum absolute atomic E-state index is 12.7. The molecule has 31 heavy (non-hydrogen) atoms. The zero-order valence-corrected chi connectivity index (χ0v) is 18.1. The van der Waals surface area contributed by atoms with Crippen LogP contribution in [0.1, 0.15) is 31.6 Å². The van der Waals surface area contributed by atoms with Crippen LogP contribution in [0.15, 0.2) is 36.9 Å². The lowest BCUT2D eigenvalue weighted by Gasteiger charge is -2.35. The van der Waals surface area contributed by atoms with Crippen LogP contribution in [0.2, 0.25) is 0 Å². The van der Waals surface area contributed by atoms with Crippen molar-refractivity contribution in [2.75, 3.05) is 44.8 Å². The van der Waals surface area contributed by atoms with E-state index >= 15 is 0 Å². The number of rotatable bonds is 8. The van der Waals surface area contributed by atoms with Gasteiger partial charge in [-0.15, -0.1) is 0 Å². The zero-order chi connectivity index (χ0) is 21.6. The highest BCUT2D eigenvalue weighted by molar-refractivity contribution is 5.76. The molecule has 9 nitrogen and oxygen atoms in total. The first kappa shape index (κ1) is 21.2. The first-order chi connectivity index (χ1) is 15.2. The van der Waals surface area contributed by atoms with Crippen molar-refractivity contribution in [3.05, 3.63) is 42.7 Å². The molecule has 4 heterocycles. The summed E-state index contributed by atoms with van der Waals surface area (Å²) in [4.78, 5) is 34.6. The molecule has 0 aromatic carbocycles. The molecule has 1 aliphatic heterocycles. The normalized spacial score (nSPS) is 15.4. The fourth-order valence-corrected chi connectivity index (χ4v) is 4.13. The molecule has 1 fully saturated rings. The summed E-state index contributed by atoms with van der Waals surface area (Å²) < 4.78 is 7.49. The number of hydrogen-bond donors (Lipinski definition) is 0. The molecular weight excluding hydrogens is 394 g/mol. The number of aryl methyl sites for hydroxylation is 1. The summed E-state index contributed by atoms with van der Waals surface area (Å²) in [5.41, 5.74) is 1.75. The van der Waals surface area contributed by atoms with Gasteiger partial charge in [0.2, 0.25) is 5.91 Å². The van der Waals surface area contributed by atoms with Gasteiger partial charge in [0, 0.05) is 64.7 Å². The third kappa shape index (κ3) is 4.82. The quantitative estimate of drug-likeness (QED) is 0.548. The van der Waals surface area contributed by atoms with Crippen LogP contribution >= 0.6 is 0 Å². The molecule has 1 atom stereocenters. The van der Waals surface area contributed by atoms with Gasteiger partial charge in [-0.05, 0) is 25.5 Å². The lowest BCUT2D eigenvalue weighted by Crippen LogP contribution is -2.49. The van der Waals surface area contributed by atoms with Gasteiger partial charge in [-0.3, -0.25) is 9.78 Å². The predicted octanol–water partition coefficient (Wildman–Crippen LogP) is 2.10. The van der Waals surface area contributed by atoms with Crippen LogP contribution in [0.3, 0.4) is 0 Å². The van der Waals surface area contributed by atoms with Crippen molar-refractivity contribution in [3.8, 4) is 0 Å². The molecule has 4 rings (SSSR count).